The topological polar surface area (TPSA) is 38.7 Å². The van der Waals surface area contributed by atoms with E-state index < -0.39 is 0 Å². The van der Waals surface area contributed by atoms with Gasteiger partial charge in [-0.2, -0.15) is 0 Å². The molecule has 0 unspecified atom stereocenters. The van der Waals surface area contributed by atoms with Crippen LogP contribution in [0.5, 0.6) is 0 Å². The summed E-state index contributed by atoms with van der Waals surface area (Å²) in [6.45, 7) is 6.70. The molecule has 0 bridgehead atoms. The van der Waals surface area contributed by atoms with Crippen LogP contribution in [0.4, 0.5) is 0 Å². The molecule has 0 amide bonds. The molecule has 80 valence electrons. The van der Waals surface area contributed by atoms with E-state index in [4.69, 9.17) is 9.47 Å². The molecule has 0 rings (SSSR count). The second-order valence-electron chi connectivity index (χ2n) is 3.13. The van der Waals surface area contributed by atoms with E-state index in [2.05, 4.69) is 13.8 Å². The van der Waals surface area contributed by atoms with Gasteiger partial charge in [0.2, 0.25) is 0 Å². The fourth-order valence-electron chi connectivity index (χ4n) is 0.913. The van der Waals surface area contributed by atoms with Crippen molar-refractivity contribution in [2.45, 2.75) is 39.2 Å². The van der Waals surface area contributed by atoms with Crippen molar-refractivity contribution >= 4 is 0 Å². The molecule has 13 heavy (non-hydrogen) atoms. The van der Waals surface area contributed by atoms with Crippen molar-refractivity contribution < 1.29 is 14.6 Å². The number of rotatable bonds is 9. The summed E-state index contributed by atoms with van der Waals surface area (Å²) in [4.78, 5) is 0. The first-order valence-electron chi connectivity index (χ1n) is 5.14. The van der Waals surface area contributed by atoms with Gasteiger partial charge in [0.15, 0.2) is 0 Å². The van der Waals surface area contributed by atoms with E-state index in [1.165, 1.54) is 0 Å². The highest BCUT2D eigenvalue weighted by atomic mass is 16.5. The van der Waals surface area contributed by atoms with Gasteiger partial charge in [0.05, 0.1) is 12.7 Å². The van der Waals surface area contributed by atoms with Crippen LogP contribution in [0.1, 0.15) is 33.1 Å². The summed E-state index contributed by atoms with van der Waals surface area (Å²) < 4.78 is 10.4. The Morgan fingerprint density at radius 3 is 2.23 bits per heavy atom. The molecule has 3 nitrogen and oxygen atoms in total. The van der Waals surface area contributed by atoms with Gasteiger partial charge in [-0.25, -0.2) is 0 Å². The van der Waals surface area contributed by atoms with Gasteiger partial charge in [0.25, 0.3) is 0 Å². The minimum Gasteiger partial charge on any atom is -0.391 e. The van der Waals surface area contributed by atoms with E-state index in [1.807, 2.05) is 0 Å². The number of aliphatic hydroxyl groups is 1. The molecule has 0 saturated carbocycles. The largest absolute Gasteiger partial charge is 0.391 e. The molecule has 0 aliphatic heterocycles. The molecule has 0 radical (unpaired) electrons. The molecular formula is C10H22O3. The zero-order valence-electron chi connectivity index (χ0n) is 8.79. The van der Waals surface area contributed by atoms with Crippen LogP contribution in [-0.2, 0) is 9.47 Å². The standard InChI is InChI=1S/C10H22O3/c1-3-6-12-8-5-10(11)9-13-7-4-2/h10-11H,3-9H2,1-2H3/t10-/m1/s1. The van der Waals surface area contributed by atoms with Gasteiger partial charge < -0.3 is 14.6 Å². The Morgan fingerprint density at radius 2 is 1.62 bits per heavy atom. The summed E-state index contributed by atoms with van der Waals surface area (Å²) in [6, 6.07) is 0. The van der Waals surface area contributed by atoms with E-state index in [9.17, 15) is 5.11 Å². The third-order valence-corrected chi connectivity index (χ3v) is 1.60. The molecule has 0 spiro atoms. The molecule has 1 N–H and O–H groups in total. The van der Waals surface area contributed by atoms with Gasteiger partial charge in [-0.05, 0) is 19.3 Å². The Kier molecular flexibility index (Phi) is 9.87. The number of hydrogen-bond acceptors (Lipinski definition) is 3. The summed E-state index contributed by atoms with van der Waals surface area (Å²) in [5.41, 5.74) is 0. The fraction of sp³-hybridized carbons (Fsp3) is 1.00. The van der Waals surface area contributed by atoms with Gasteiger partial charge >= 0.3 is 0 Å². The third-order valence-electron chi connectivity index (χ3n) is 1.60. The lowest BCUT2D eigenvalue weighted by Gasteiger charge is -2.10. The van der Waals surface area contributed by atoms with Gasteiger partial charge in [0.1, 0.15) is 0 Å². The molecule has 0 aromatic rings. The summed E-state index contributed by atoms with van der Waals surface area (Å²) in [6.07, 6.45) is 2.33. The zero-order valence-corrected chi connectivity index (χ0v) is 8.79. The maximum atomic E-state index is 9.37. The Hall–Kier alpha value is -0.120. The van der Waals surface area contributed by atoms with Crippen molar-refractivity contribution in [2.24, 2.45) is 0 Å². The van der Waals surface area contributed by atoms with Gasteiger partial charge in [-0.15, -0.1) is 0 Å². The van der Waals surface area contributed by atoms with Crippen molar-refractivity contribution in [1.29, 1.82) is 0 Å². The highest BCUT2D eigenvalue weighted by Gasteiger charge is 2.02. The first kappa shape index (κ1) is 12.9. The molecule has 3 heteroatoms. The second kappa shape index (κ2) is 9.96. The smallest absolute Gasteiger partial charge is 0.0795 e. The first-order valence-corrected chi connectivity index (χ1v) is 5.14. The molecule has 0 aromatic carbocycles. The number of ether oxygens (including phenoxy) is 2. The molecule has 0 fully saturated rings. The SMILES string of the molecule is CCCOCC[C@@H](O)COCCC. The van der Waals surface area contributed by atoms with Gasteiger partial charge in [-0.1, -0.05) is 13.8 Å². The van der Waals surface area contributed by atoms with E-state index in [0.29, 0.717) is 19.6 Å². The van der Waals surface area contributed by atoms with Crippen LogP contribution < -0.4 is 0 Å². The van der Waals surface area contributed by atoms with Crippen LogP contribution >= 0.6 is 0 Å². The lowest BCUT2D eigenvalue weighted by molar-refractivity contribution is 0.0138. The second-order valence-corrected chi connectivity index (χ2v) is 3.13. The van der Waals surface area contributed by atoms with Gasteiger partial charge in [-0.3, -0.25) is 0 Å². The molecule has 0 aliphatic carbocycles. The van der Waals surface area contributed by atoms with Crippen LogP contribution in [0.3, 0.4) is 0 Å². The highest BCUT2D eigenvalue weighted by molar-refractivity contribution is 4.52. The van der Waals surface area contributed by atoms with Gasteiger partial charge in [0, 0.05) is 19.8 Å². The molecule has 0 aliphatic rings. The van der Waals surface area contributed by atoms with E-state index >= 15 is 0 Å². The average molecular weight is 190 g/mol. The molecule has 1 atom stereocenters. The third kappa shape index (κ3) is 9.80. The Morgan fingerprint density at radius 1 is 1.00 bits per heavy atom. The molecule has 0 saturated heterocycles. The van der Waals surface area contributed by atoms with Crippen molar-refractivity contribution in [3.05, 3.63) is 0 Å². The Balaban J connectivity index is 3.05. The zero-order chi connectivity index (χ0) is 9.94. The molecular weight excluding hydrogens is 168 g/mol. The van der Waals surface area contributed by atoms with Crippen LogP contribution in [0.2, 0.25) is 0 Å². The number of aliphatic hydroxyl groups excluding tert-OH is 1. The minimum absolute atomic E-state index is 0.372. The van der Waals surface area contributed by atoms with E-state index in [-0.39, 0.29) is 6.10 Å². The van der Waals surface area contributed by atoms with Crippen molar-refractivity contribution in [3.8, 4) is 0 Å². The van der Waals surface area contributed by atoms with Crippen LogP contribution in [0.15, 0.2) is 0 Å². The quantitative estimate of drug-likeness (QED) is 0.561. The normalized spacial score (nSPS) is 13.2. The predicted molar refractivity (Wildman–Crippen MR) is 52.8 cm³/mol. The summed E-state index contributed by atoms with van der Waals surface area (Å²) in [5, 5.41) is 9.37. The summed E-state index contributed by atoms with van der Waals surface area (Å²) >= 11 is 0. The maximum Gasteiger partial charge on any atom is 0.0795 e. The predicted octanol–water partition coefficient (Wildman–Crippen LogP) is 1.59. The lowest BCUT2D eigenvalue weighted by atomic mass is 10.3. The summed E-state index contributed by atoms with van der Waals surface area (Å²) in [7, 11) is 0. The monoisotopic (exact) mass is 190 g/mol. The van der Waals surface area contributed by atoms with Crippen LogP contribution in [0.25, 0.3) is 0 Å². The minimum atomic E-state index is -0.372. The van der Waals surface area contributed by atoms with Crippen molar-refractivity contribution in [3.63, 3.8) is 0 Å². The van der Waals surface area contributed by atoms with E-state index in [0.717, 1.165) is 26.1 Å². The maximum absolute atomic E-state index is 9.37. The fourth-order valence-corrected chi connectivity index (χ4v) is 0.913. The van der Waals surface area contributed by atoms with Crippen molar-refractivity contribution in [1.82, 2.24) is 0 Å². The van der Waals surface area contributed by atoms with E-state index in [1.54, 1.807) is 0 Å². The highest BCUT2D eigenvalue weighted by Crippen LogP contribution is 1.95. The first-order chi connectivity index (χ1) is 6.31. The Bertz CT molecular complexity index is 96.2. The molecule has 0 aromatic heterocycles. The average Bonchev–Trinajstić information content (AvgIpc) is 2.13. The lowest BCUT2D eigenvalue weighted by Crippen LogP contribution is -2.18. The van der Waals surface area contributed by atoms with Crippen LogP contribution in [0, 0.1) is 0 Å². The van der Waals surface area contributed by atoms with Crippen LogP contribution in [-0.4, -0.2) is 37.6 Å². The summed E-state index contributed by atoms with van der Waals surface area (Å²) in [5.74, 6) is 0. The van der Waals surface area contributed by atoms with Crippen molar-refractivity contribution in [2.75, 3.05) is 26.4 Å². The number of hydrogen-bond donors (Lipinski definition) is 1. The Labute approximate surface area is 81.0 Å². The molecule has 0 heterocycles.